The highest BCUT2D eigenvalue weighted by Crippen LogP contribution is 2.34. The van der Waals surface area contributed by atoms with E-state index in [1.54, 1.807) is 27.6 Å². The first-order chi connectivity index (χ1) is 13.6. The van der Waals surface area contributed by atoms with E-state index < -0.39 is 0 Å². The monoisotopic (exact) mass is 429 g/mol. The van der Waals surface area contributed by atoms with E-state index in [0.29, 0.717) is 12.3 Å². The van der Waals surface area contributed by atoms with E-state index >= 15 is 0 Å². The average molecular weight is 430 g/mol. The minimum atomic E-state index is -0.137. The van der Waals surface area contributed by atoms with Crippen LogP contribution in [0.5, 0.6) is 0 Å². The number of thiophene rings is 1. The number of amides is 2. The van der Waals surface area contributed by atoms with Gasteiger partial charge in [-0.25, -0.2) is 4.98 Å². The molecule has 3 aromatic rings. The fraction of sp³-hybridized carbons (Fsp3) is 0.250. The molecule has 1 aliphatic heterocycles. The Kier molecular flexibility index (Phi) is 5.79. The number of hydrogen-bond donors (Lipinski definition) is 1. The van der Waals surface area contributed by atoms with E-state index in [1.165, 1.54) is 16.6 Å². The Morgan fingerprint density at radius 2 is 2.11 bits per heavy atom. The highest BCUT2D eigenvalue weighted by molar-refractivity contribution is 8.00. The first-order valence-corrected chi connectivity index (χ1v) is 11.6. The molecular weight excluding hydrogens is 410 g/mol. The van der Waals surface area contributed by atoms with E-state index in [1.807, 2.05) is 31.2 Å². The molecule has 0 fully saturated rings. The maximum atomic E-state index is 12.4. The molecule has 0 unspecified atom stereocenters. The molecule has 5 nitrogen and oxygen atoms in total. The summed E-state index contributed by atoms with van der Waals surface area (Å²) in [4.78, 5) is 34.1. The molecule has 2 aromatic heterocycles. The molecule has 0 radical (unpaired) electrons. The van der Waals surface area contributed by atoms with Crippen molar-refractivity contribution < 1.29 is 9.59 Å². The summed E-state index contributed by atoms with van der Waals surface area (Å²) in [6, 6.07) is 11.9. The third-order valence-electron chi connectivity index (χ3n) is 4.34. The lowest BCUT2D eigenvalue weighted by Crippen LogP contribution is -2.43. The summed E-state index contributed by atoms with van der Waals surface area (Å²) < 4.78 is 0. The van der Waals surface area contributed by atoms with Crippen LogP contribution in [-0.4, -0.2) is 35.6 Å². The van der Waals surface area contributed by atoms with Crippen molar-refractivity contribution in [3.05, 3.63) is 51.7 Å². The van der Waals surface area contributed by atoms with Gasteiger partial charge in [0.1, 0.15) is 6.54 Å². The highest BCUT2D eigenvalue weighted by Gasteiger charge is 2.26. The van der Waals surface area contributed by atoms with Crippen LogP contribution in [0.15, 0.2) is 46.7 Å². The quantitative estimate of drug-likeness (QED) is 0.644. The molecule has 0 saturated heterocycles. The van der Waals surface area contributed by atoms with E-state index in [-0.39, 0.29) is 18.4 Å². The normalized spacial score (nSPS) is 13.5. The molecule has 1 N–H and O–H groups in total. The van der Waals surface area contributed by atoms with Gasteiger partial charge in [0, 0.05) is 21.7 Å². The molecule has 0 atom stereocenters. The Morgan fingerprint density at radius 1 is 1.25 bits per heavy atom. The summed E-state index contributed by atoms with van der Waals surface area (Å²) >= 11 is 4.87. The fourth-order valence-corrected chi connectivity index (χ4v) is 5.57. The van der Waals surface area contributed by atoms with Crippen molar-refractivity contribution in [1.82, 2.24) is 10.3 Å². The number of aryl methyl sites for hydroxylation is 1. The number of carbonyl (C=O) groups is 2. The largest absolute Gasteiger partial charge is 0.354 e. The van der Waals surface area contributed by atoms with Crippen LogP contribution in [0.4, 0.5) is 5.69 Å². The van der Waals surface area contributed by atoms with Gasteiger partial charge in [0.25, 0.3) is 0 Å². The van der Waals surface area contributed by atoms with Crippen LogP contribution in [0, 0.1) is 6.92 Å². The van der Waals surface area contributed by atoms with Gasteiger partial charge in [0.15, 0.2) is 0 Å². The minimum Gasteiger partial charge on any atom is -0.354 e. The Morgan fingerprint density at radius 3 is 2.93 bits per heavy atom. The lowest BCUT2D eigenvalue weighted by atomic mass is 10.2. The molecule has 1 aliphatic rings. The number of nitrogens with one attached hydrogen (secondary N) is 1. The number of anilines is 1. The smallest absolute Gasteiger partial charge is 0.240 e. The second kappa shape index (κ2) is 8.46. The fourth-order valence-electron chi connectivity index (χ4n) is 2.98. The molecule has 0 bridgehead atoms. The van der Waals surface area contributed by atoms with Crippen LogP contribution in [0.2, 0.25) is 0 Å². The zero-order valence-electron chi connectivity index (χ0n) is 15.3. The molecule has 2 amide bonds. The van der Waals surface area contributed by atoms with Gasteiger partial charge in [-0.2, -0.15) is 0 Å². The van der Waals surface area contributed by atoms with E-state index in [9.17, 15) is 9.59 Å². The third kappa shape index (κ3) is 4.29. The molecule has 8 heteroatoms. The van der Waals surface area contributed by atoms with Gasteiger partial charge < -0.3 is 10.2 Å². The molecule has 144 valence electrons. The molecule has 28 heavy (non-hydrogen) atoms. The van der Waals surface area contributed by atoms with Gasteiger partial charge in [-0.05, 0) is 37.6 Å². The Bertz CT molecular complexity index is 1010. The third-order valence-corrected chi connectivity index (χ3v) is 7.33. The number of thiazole rings is 1. The molecule has 0 saturated carbocycles. The number of fused-ring (bicyclic) bond motifs is 1. The molecule has 0 spiro atoms. The van der Waals surface area contributed by atoms with Crippen LogP contribution in [0.25, 0.3) is 10.6 Å². The maximum Gasteiger partial charge on any atom is 0.240 e. The van der Waals surface area contributed by atoms with E-state index in [2.05, 4.69) is 27.8 Å². The van der Waals surface area contributed by atoms with Crippen molar-refractivity contribution in [3.8, 4) is 10.6 Å². The summed E-state index contributed by atoms with van der Waals surface area (Å²) in [6.45, 7) is 2.61. The van der Waals surface area contributed by atoms with Gasteiger partial charge in [-0.15, -0.1) is 34.4 Å². The summed E-state index contributed by atoms with van der Waals surface area (Å²) in [6.07, 6.45) is 0.764. The second-order valence-electron chi connectivity index (χ2n) is 6.35. The lowest BCUT2D eigenvalue weighted by molar-refractivity contribution is -0.122. The average Bonchev–Trinajstić information content (AvgIpc) is 3.33. The van der Waals surface area contributed by atoms with Crippen molar-refractivity contribution in [2.75, 3.05) is 23.7 Å². The van der Waals surface area contributed by atoms with Gasteiger partial charge in [0.2, 0.25) is 11.8 Å². The first-order valence-electron chi connectivity index (χ1n) is 8.90. The van der Waals surface area contributed by atoms with Gasteiger partial charge in [0.05, 0.1) is 27.0 Å². The van der Waals surface area contributed by atoms with Crippen molar-refractivity contribution in [3.63, 3.8) is 0 Å². The van der Waals surface area contributed by atoms with Crippen molar-refractivity contribution in [1.29, 1.82) is 0 Å². The predicted molar refractivity (Wildman–Crippen MR) is 116 cm³/mol. The minimum absolute atomic E-state index is 0.0275. The SMILES string of the molecule is Cc1nc(-c2ccc(CCNC(=O)CN3C(=O)CSc4ccccc43)s2)cs1. The van der Waals surface area contributed by atoms with E-state index in [0.717, 1.165) is 32.6 Å². The summed E-state index contributed by atoms with van der Waals surface area (Å²) in [7, 11) is 0. The molecule has 0 aliphatic carbocycles. The van der Waals surface area contributed by atoms with Crippen LogP contribution < -0.4 is 10.2 Å². The summed E-state index contributed by atoms with van der Waals surface area (Å²) in [5.41, 5.74) is 1.84. The number of para-hydroxylation sites is 1. The number of nitrogens with zero attached hydrogens (tertiary/aromatic N) is 2. The number of thioether (sulfide) groups is 1. The van der Waals surface area contributed by atoms with Gasteiger partial charge in [-0.3, -0.25) is 9.59 Å². The Labute approximate surface area is 175 Å². The summed E-state index contributed by atoms with van der Waals surface area (Å²) in [5.74, 6) is 0.209. The second-order valence-corrected chi connectivity index (χ2v) is 9.60. The number of hydrogen-bond acceptors (Lipinski definition) is 6. The Hall–Kier alpha value is -2.16. The standard InChI is InChI=1S/C20H19N3O2S3/c1-13-22-15(11-26-13)17-7-6-14(28-17)8-9-21-19(24)10-23-16-4-2-3-5-18(16)27-12-20(23)25/h2-7,11H,8-10,12H2,1H3,(H,21,24). The highest BCUT2D eigenvalue weighted by atomic mass is 32.2. The lowest BCUT2D eigenvalue weighted by Gasteiger charge is -2.28. The van der Waals surface area contributed by atoms with Crippen molar-refractivity contribution >= 4 is 51.9 Å². The molecule has 3 heterocycles. The topological polar surface area (TPSA) is 62.3 Å². The molecule has 4 rings (SSSR count). The van der Waals surface area contributed by atoms with Crippen LogP contribution >= 0.6 is 34.4 Å². The zero-order valence-corrected chi connectivity index (χ0v) is 17.8. The maximum absolute atomic E-state index is 12.4. The van der Waals surface area contributed by atoms with Crippen LogP contribution in [0.3, 0.4) is 0 Å². The number of carbonyl (C=O) groups excluding carboxylic acids is 2. The van der Waals surface area contributed by atoms with Crippen molar-refractivity contribution in [2.24, 2.45) is 0 Å². The molecule has 1 aromatic carbocycles. The molecular formula is C20H19N3O2S3. The van der Waals surface area contributed by atoms with Crippen LogP contribution in [0.1, 0.15) is 9.88 Å². The predicted octanol–water partition coefficient (Wildman–Crippen LogP) is 3.98. The first kappa shape index (κ1) is 19.2. The number of benzene rings is 1. The van der Waals surface area contributed by atoms with Crippen molar-refractivity contribution in [2.45, 2.75) is 18.2 Å². The number of rotatable bonds is 6. The van der Waals surface area contributed by atoms with Gasteiger partial charge in [-0.1, -0.05) is 12.1 Å². The zero-order chi connectivity index (χ0) is 19.5. The van der Waals surface area contributed by atoms with Crippen LogP contribution in [-0.2, 0) is 16.0 Å². The van der Waals surface area contributed by atoms with E-state index in [4.69, 9.17) is 0 Å². The summed E-state index contributed by atoms with van der Waals surface area (Å²) in [5, 5.41) is 6.06. The Balaban J connectivity index is 1.31. The number of aromatic nitrogens is 1. The van der Waals surface area contributed by atoms with Gasteiger partial charge >= 0.3 is 0 Å².